The van der Waals surface area contributed by atoms with E-state index < -0.39 is 0 Å². The predicted octanol–water partition coefficient (Wildman–Crippen LogP) is 2.18. The molecule has 1 unspecified atom stereocenters. The maximum Gasteiger partial charge on any atom is 0.239 e. The van der Waals surface area contributed by atoms with Gasteiger partial charge in [-0.25, -0.2) is 4.39 Å². The number of likely N-dealkylation sites (N-methyl/N-ethyl adjacent to an activating group) is 1. The van der Waals surface area contributed by atoms with Crippen molar-refractivity contribution in [1.82, 2.24) is 10.2 Å². The number of halogens is 1. The zero-order chi connectivity index (χ0) is 15.1. The van der Waals surface area contributed by atoms with Crippen molar-refractivity contribution in [3.05, 3.63) is 29.6 Å². The number of nitrogens with one attached hydrogen (secondary N) is 1. The van der Waals surface area contributed by atoms with Crippen LogP contribution in [0, 0.1) is 5.82 Å². The summed E-state index contributed by atoms with van der Waals surface area (Å²) in [7, 11) is 1.43. The highest BCUT2D eigenvalue weighted by Gasteiger charge is 2.18. The quantitative estimate of drug-likeness (QED) is 0.833. The summed E-state index contributed by atoms with van der Waals surface area (Å²) in [6.07, 6.45) is 0. The van der Waals surface area contributed by atoms with E-state index >= 15 is 0 Å². The molecule has 1 aromatic rings. The van der Waals surface area contributed by atoms with E-state index in [0.29, 0.717) is 18.7 Å². The first-order valence-corrected chi connectivity index (χ1v) is 6.88. The summed E-state index contributed by atoms with van der Waals surface area (Å²) in [6.45, 7) is 7.31. The molecule has 0 saturated carbocycles. The summed E-state index contributed by atoms with van der Waals surface area (Å²) < 4.78 is 18.9. The molecule has 0 heterocycles. The monoisotopic (exact) mass is 282 g/mol. The number of ether oxygens (including phenoxy) is 1. The van der Waals surface area contributed by atoms with Crippen LogP contribution in [0.1, 0.15) is 26.3 Å². The first kappa shape index (κ1) is 16.4. The standard InChI is InChI=1S/C15H23FN2O2/c1-5-18(6-2)15(19)11(3)17-10-12-8-7-9-13(20-4)14(12)16/h7-9,11,17H,5-6,10H2,1-4H3. The Balaban J connectivity index is 2.65. The van der Waals surface area contributed by atoms with Gasteiger partial charge in [0.25, 0.3) is 0 Å². The zero-order valence-electron chi connectivity index (χ0n) is 12.6. The molecule has 0 aliphatic heterocycles. The van der Waals surface area contributed by atoms with Crippen LogP contribution >= 0.6 is 0 Å². The van der Waals surface area contributed by atoms with Crippen LogP contribution in [0.4, 0.5) is 4.39 Å². The lowest BCUT2D eigenvalue weighted by molar-refractivity contribution is -0.132. The minimum Gasteiger partial charge on any atom is -0.494 e. The molecule has 4 nitrogen and oxygen atoms in total. The zero-order valence-corrected chi connectivity index (χ0v) is 12.6. The van der Waals surface area contributed by atoms with Crippen LogP contribution in [0.5, 0.6) is 5.75 Å². The van der Waals surface area contributed by atoms with Crippen LogP contribution in [0.25, 0.3) is 0 Å². The van der Waals surface area contributed by atoms with Gasteiger partial charge in [0.05, 0.1) is 13.2 Å². The van der Waals surface area contributed by atoms with Gasteiger partial charge in [-0.3, -0.25) is 4.79 Å². The summed E-state index contributed by atoms with van der Waals surface area (Å²) in [4.78, 5) is 13.8. The molecule has 1 rings (SSSR count). The van der Waals surface area contributed by atoms with Gasteiger partial charge in [-0.2, -0.15) is 0 Å². The first-order valence-electron chi connectivity index (χ1n) is 6.88. The van der Waals surface area contributed by atoms with E-state index in [2.05, 4.69) is 5.32 Å². The van der Waals surface area contributed by atoms with Crippen molar-refractivity contribution in [2.24, 2.45) is 0 Å². The molecule has 1 amide bonds. The molecule has 0 aliphatic rings. The Morgan fingerprint density at radius 3 is 2.60 bits per heavy atom. The number of nitrogens with zero attached hydrogens (tertiary/aromatic N) is 1. The number of benzene rings is 1. The van der Waals surface area contributed by atoms with Gasteiger partial charge in [0.15, 0.2) is 11.6 Å². The molecule has 1 N–H and O–H groups in total. The van der Waals surface area contributed by atoms with Crippen LogP contribution in [0.2, 0.25) is 0 Å². The number of carbonyl (C=O) groups is 1. The van der Waals surface area contributed by atoms with E-state index in [4.69, 9.17) is 4.74 Å². The fraction of sp³-hybridized carbons (Fsp3) is 0.533. The van der Waals surface area contributed by atoms with Crippen LogP contribution in [0.15, 0.2) is 18.2 Å². The maximum absolute atomic E-state index is 14.0. The van der Waals surface area contributed by atoms with Crippen molar-refractivity contribution in [3.8, 4) is 5.75 Å². The molecule has 5 heteroatoms. The van der Waals surface area contributed by atoms with Gasteiger partial charge in [0.1, 0.15) is 0 Å². The van der Waals surface area contributed by atoms with E-state index in [1.54, 1.807) is 30.0 Å². The summed E-state index contributed by atoms with van der Waals surface area (Å²) in [5, 5.41) is 3.05. The SMILES string of the molecule is CCN(CC)C(=O)C(C)NCc1cccc(OC)c1F. The highest BCUT2D eigenvalue weighted by atomic mass is 19.1. The Bertz CT molecular complexity index is 447. The Hall–Kier alpha value is -1.62. The van der Waals surface area contributed by atoms with Gasteiger partial charge in [0, 0.05) is 25.2 Å². The molecule has 0 fully saturated rings. The third-order valence-corrected chi connectivity index (χ3v) is 3.31. The average molecular weight is 282 g/mol. The molecular formula is C15H23FN2O2. The molecule has 112 valence electrons. The Kier molecular flexibility index (Phi) is 6.45. The summed E-state index contributed by atoms with van der Waals surface area (Å²) in [6, 6.07) is 4.64. The molecule has 0 saturated heterocycles. The van der Waals surface area contributed by atoms with Crippen molar-refractivity contribution in [2.75, 3.05) is 20.2 Å². The Morgan fingerprint density at radius 2 is 2.05 bits per heavy atom. The number of amides is 1. The van der Waals surface area contributed by atoms with Crippen molar-refractivity contribution in [2.45, 2.75) is 33.4 Å². The second-order valence-corrected chi connectivity index (χ2v) is 4.55. The minimum atomic E-state index is -0.384. The Labute approximate surface area is 119 Å². The van der Waals surface area contributed by atoms with Crippen molar-refractivity contribution >= 4 is 5.91 Å². The summed E-state index contributed by atoms with van der Waals surface area (Å²) in [5.74, 6) is -0.143. The van der Waals surface area contributed by atoms with Gasteiger partial charge < -0.3 is 15.0 Å². The van der Waals surface area contributed by atoms with Crippen molar-refractivity contribution < 1.29 is 13.9 Å². The molecule has 0 aliphatic carbocycles. The topological polar surface area (TPSA) is 41.6 Å². The summed E-state index contributed by atoms with van der Waals surface area (Å²) in [5.41, 5.74) is 0.489. The van der Waals surface area contributed by atoms with Crippen molar-refractivity contribution in [1.29, 1.82) is 0 Å². The maximum atomic E-state index is 14.0. The van der Waals surface area contributed by atoms with E-state index in [-0.39, 0.29) is 30.1 Å². The number of methoxy groups -OCH3 is 1. The highest BCUT2D eigenvalue weighted by Crippen LogP contribution is 2.19. The smallest absolute Gasteiger partial charge is 0.239 e. The normalized spacial score (nSPS) is 12.1. The van der Waals surface area contributed by atoms with E-state index in [9.17, 15) is 9.18 Å². The van der Waals surface area contributed by atoms with Gasteiger partial charge in [0.2, 0.25) is 5.91 Å². The van der Waals surface area contributed by atoms with Crippen LogP contribution < -0.4 is 10.1 Å². The highest BCUT2D eigenvalue weighted by molar-refractivity contribution is 5.81. The molecule has 0 aromatic heterocycles. The van der Waals surface area contributed by atoms with Crippen molar-refractivity contribution in [3.63, 3.8) is 0 Å². The number of hydrogen-bond acceptors (Lipinski definition) is 3. The molecule has 0 radical (unpaired) electrons. The van der Waals surface area contributed by atoms with Gasteiger partial charge in [-0.1, -0.05) is 12.1 Å². The lowest BCUT2D eigenvalue weighted by atomic mass is 10.2. The molecular weight excluding hydrogens is 259 g/mol. The largest absolute Gasteiger partial charge is 0.494 e. The lowest BCUT2D eigenvalue weighted by Crippen LogP contribution is -2.44. The van der Waals surface area contributed by atoms with Gasteiger partial charge in [-0.05, 0) is 26.8 Å². The summed E-state index contributed by atoms with van der Waals surface area (Å²) >= 11 is 0. The predicted molar refractivity (Wildman–Crippen MR) is 77.2 cm³/mol. The van der Waals surface area contributed by atoms with Crippen LogP contribution in [-0.4, -0.2) is 37.0 Å². The molecule has 1 atom stereocenters. The third kappa shape index (κ3) is 3.93. The fourth-order valence-electron chi connectivity index (χ4n) is 2.01. The van der Waals surface area contributed by atoms with E-state index in [0.717, 1.165) is 0 Å². The fourth-order valence-corrected chi connectivity index (χ4v) is 2.01. The van der Waals surface area contributed by atoms with Crippen LogP contribution in [-0.2, 0) is 11.3 Å². The lowest BCUT2D eigenvalue weighted by Gasteiger charge is -2.23. The second kappa shape index (κ2) is 7.85. The number of carbonyl (C=O) groups excluding carboxylic acids is 1. The van der Waals surface area contributed by atoms with Gasteiger partial charge in [-0.15, -0.1) is 0 Å². The van der Waals surface area contributed by atoms with E-state index in [1.807, 2.05) is 13.8 Å². The number of hydrogen-bond donors (Lipinski definition) is 1. The van der Waals surface area contributed by atoms with Crippen LogP contribution in [0.3, 0.4) is 0 Å². The average Bonchev–Trinajstić information content (AvgIpc) is 2.47. The molecule has 1 aromatic carbocycles. The molecule has 20 heavy (non-hydrogen) atoms. The van der Waals surface area contributed by atoms with E-state index in [1.165, 1.54) is 7.11 Å². The second-order valence-electron chi connectivity index (χ2n) is 4.55. The molecule has 0 spiro atoms. The minimum absolute atomic E-state index is 0.0262. The Morgan fingerprint density at radius 1 is 1.40 bits per heavy atom. The third-order valence-electron chi connectivity index (χ3n) is 3.31. The van der Waals surface area contributed by atoms with Gasteiger partial charge >= 0.3 is 0 Å². The number of rotatable bonds is 7. The first-order chi connectivity index (χ1) is 9.54. The molecule has 0 bridgehead atoms.